The van der Waals surface area contributed by atoms with Crippen LogP contribution in [0.15, 0.2) is 9.59 Å². The van der Waals surface area contributed by atoms with Crippen molar-refractivity contribution in [3.05, 3.63) is 20.4 Å². The molecule has 60 heavy (non-hydrogen) atoms. The Labute approximate surface area is 369 Å². The Morgan fingerprint density at radius 2 is 0.967 bits per heavy atom. The first kappa shape index (κ1) is 57.6. The van der Waals surface area contributed by atoms with Gasteiger partial charge in [-0.25, -0.2) is 0 Å². The van der Waals surface area contributed by atoms with Gasteiger partial charge in [0, 0.05) is 20.0 Å². The number of nitrogens with one attached hydrogen (secondary N) is 2. The van der Waals surface area contributed by atoms with Crippen LogP contribution in [-0.4, -0.2) is 62.3 Å². The number of carboxylic acid groups (broad SMARTS) is 1. The van der Waals surface area contributed by atoms with Crippen LogP contribution >= 0.6 is 0 Å². The summed E-state index contributed by atoms with van der Waals surface area (Å²) in [5, 5.41) is 13.0. The Kier molecular flexibility index (Phi) is 41.5. The SMILES string of the molecule is CCCCCCCCC(CCCCCCCC)CCCCCCCN(CCCCCCCC(=O)OCC(C)CCCCCCC)CCCNc1c(NC)c(=O)c1=O.O=CO. The molecule has 1 atom stereocenters. The lowest BCUT2D eigenvalue weighted by Gasteiger charge is -2.23. The van der Waals surface area contributed by atoms with Gasteiger partial charge in [0.25, 0.3) is 17.3 Å². The Morgan fingerprint density at radius 3 is 1.43 bits per heavy atom. The van der Waals surface area contributed by atoms with Crippen molar-refractivity contribution in [2.45, 2.75) is 240 Å². The largest absolute Gasteiger partial charge is 0.483 e. The van der Waals surface area contributed by atoms with Crippen LogP contribution in [0.2, 0.25) is 0 Å². The van der Waals surface area contributed by atoms with Gasteiger partial charge >= 0.3 is 5.97 Å². The fraction of sp³-hybridized carbons (Fsp3) is 0.882. The Balaban J connectivity index is 0.0000112. The van der Waals surface area contributed by atoms with Crippen molar-refractivity contribution in [2.75, 3.05) is 50.5 Å². The van der Waals surface area contributed by atoms with E-state index in [1.54, 1.807) is 7.05 Å². The quantitative estimate of drug-likeness (QED) is 0.0255. The van der Waals surface area contributed by atoms with Gasteiger partial charge in [-0.3, -0.25) is 19.2 Å². The highest BCUT2D eigenvalue weighted by Gasteiger charge is 2.19. The summed E-state index contributed by atoms with van der Waals surface area (Å²) in [5.41, 5.74) is 0.0569. The van der Waals surface area contributed by atoms with Crippen LogP contribution in [0, 0.1) is 11.8 Å². The third-order valence-electron chi connectivity index (χ3n) is 12.3. The molecular formula is C51H97N3O6. The number of esters is 1. The van der Waals surface area contributed by atoms with Crippen molar-refractivity contribution in [1.82, 2.24) is 4.90 Å². The zero-order chi connectivity index (χ0) is 44.3. The summed E-state index contributed by atoms with van der Waals surface area (Å²) in [6.45, 7) is 13.3. The summed E-state index contributed by atoms with van der Waals surface area (Å²) < 4.78 is 5.58. The van der Waals surface area contributed by atoms with Gasteiger partial charge in [-0.15, -0.1) is 0 Å². The summed E-state index contributed by atoms with van der Waals surface area (Å²) in [6.07, 6.45) is 42.5. The highest BCUT2D eigenvalue weighted by molar-refractivity contribution is 5.73. The van der Waals surface area contributed by atoms with E-state index in [-0.39, 0.29) is 12.4 Å². The lowest BCUT2D eigenvalue weighted by molar-refractivity contribution is -0.145. The minimum absolute atomic E-state index is 0.0284. The van der Waals surface area contributed by atoms with Crippen LogP contribution in [-0.2, 0) is 14.3 Å². The fourth-order valence-corrected chi connectivity index (χ4v) is 8.43. The van der Waals surface area contributed by atoms with Crippen molar-refractivity contribution in [1.29, 1.82) is 0 Å². The molecule has 1 rings (SSSR count). The van der Waals surface area contributed by atoms with E-state index in [0.29, 0.717) is 36.9 Å². The third kappa shape index (κ3) is 33.2. The molecule has 0 radical (unpaired) electrons. The summed E-state index contributed by atoms with van der Waals surface area (Å²) in [6, 6.07) is 0. The standard InChI is InChI=1S/C50H95N3O4.CH2O2/c1-6-9-12-15-20-27-35-45(36-28-21-16-13-10-7-2)37-29-22-17-24-31-40-53(42-33-39-52-48-47(51-5)49(55)50(48)56)41-32-25-18-23-30-38-46(54)57-43-44(4)34-26-19-14-11-8-3;2-1-3/h44-45,51-52H,6-43H2,1-5H3;1H,(H,2,3). The second kappa shape index (κ2) is 43.2. The van der Waals surface area contributed by atoms with Gasteiger partial charge in [0.1, 0.15) is 11.4 Å². The van der Waals surface area contributed by atoms with E-state index in [2.05, 4.69) is 43.2 Å². The van der Waals surface area contributed by atoms with E-state index in [0.717, 1.165) is 57.7 Å². The first-order valence-corrected chi connectivity index (χ1v) is 25.5. The van der Waals surface area contributed by atoms with Crippen molar-refractivity contribution in [2.24, 2.45) is 11.8 Å². The van der Waals surface area contributed by atoms with Gasteiger partial charge in [-0.05, 0) is 63.6 Å². The minimum Gasteiger partial charge on any atom is -0.483 e. The lowest BCUT2D eigenvalue weighted by Crippen LogP contribution is -2.37. The van der Waals surface area contributed by atoms with Crippen LogP contribution in [0.4, 0.5) is 11.4 Å². The minimum atomic E-state index is -0.414. The molecule has 9 heteroatoms. The van der Waals surface area contributed by atoms with Crippen LogP contribution < -0.4 is 21.5 Å². The highest BCUT2D eigenvalue weighted by Crippen LogP contribution is 2.25. The molecule has 0 bridgehead atoms. The molecule has 0 aliphatic carbocycles. The van der Waals surface area contributed by atoms with Crippen molar-refractivity contribution >= 4 is 23.8 Å². The maximum absolute atomic E-state index is 12.3. The fourth-order valence-electron chi connectivity index (χ4n) is 8.43. The molecule has 0 fully saturated rings. The normalized spacial score (nSPS) is 11.8. The van der Waals surface area contributed by atoms with Crippen LogP contribution in [0.3, 0.4) is 0 Å². The number of rotatable bonds is 44. The number of unbranched alkanes of at least 4 members (excludes halogenated alkanes) is 22. The predicted octanol–water partition coefficient (Wildman–Crippen LogP) is 13.5. The van der Waals surface area contributed by atoms with E-state index in [4.69, 9.17) is 14.6 Å². The molecule has 0 aliphatic rings. The average molecular weight is 848 g/mol. The molecule has 0 spiro atoms. The molecule has 0 amide bonds. The monoisotopic (exact) mass is 848 g/mol. The average Bonchev–Trinajstić information content (AvgIpc) is 3.24. The van der Waals surface area contributed by atoms with Crippen molar-refractivity contribution < 1.29 is 19.4 Å². The second-order valence-corrected chi connectivity index (χ2v) is 17.9. The highest BCUT2D eigenvalue weighted by atomic mass is 16.5. The summed E-state index contributed by atoms with van der Waals surface area (Å²) >= 11 is 0. The van der Waals surface area contributed by atoms with E-state index in [9.17, 15) is 14.4 Å². The van der Waals surface area contributed by atoms with Crippen LogP contribution in [0.1, 0.15) is 240 Å². The van der Waals surface area contributed by atoms with Crippen LogP contribution in [0.5, 0.6) is 0 Å². The molecule has 352 valence electrons. The van der Waals surface area contributed by atoms with Gasteiger partial charge in [-0.1, -0.05) is 201 Å². The molecule has 0 saturated carbocycles. The Morgan fingerprint density at radius 1 is 0.583 bits per heavy atom. The number of carbonyl (C=O) groups excluding carboxylic acids is 1. The van der Waals surface area contributed by atoms with E-state index < -0.39 is 10.9 Å². The number of carbonyl (C=O) groups is 2. The third-order valence-corrected chi connectivity index (χ3v) is 12.3. The smallest absolute Gasteiger partial charge is 0.305 e. The molecule has 9 nitrogen and oxygen atoms in total. The first-order valence-electron chi connectivity index (χ1n) is 25.5. The molecule has 1 unspecified atom stereocenters. The van der Waals surface area contributed by atoms with Gasteiger partial charge in [0.05, 0.1) is 6.61 Å². The summed E-state index contributed by atoms with van der Waals surface area (Å²) in [4.78, 5) is 47.0. The maximum Gasteiger partial charge on any atom is 0.305 e. The maximum atomic E-state index is 12.3. The number of nitrogens with zero attached hydrogens (tertiary/aromatic N) is 1. The second-order valence-electron chi connectivity index (χ2n) is 17.9. The van der Waals surface area contributed by atoms with E-state index in [1.165, 1.54) is 173 Å². The van der Waals surface area contributed by atoms with Gasteiger partial charge in [-0.2, -0.15) is 0 Å². The number of ether oxygens (including phenoxy) is 1. The summed E-state index contributed by atoms with van der Waals surface area (Å²) in [7, 11) is 1.69. The predicted molar refractivity (Wildman–Crippen MR) is 258 cm³/mol. The molecule has 1 aromatic rings. The van der Waals surface area contributed by atoms with Gasteiger partial charge < -0.3 is 25.4 Å². The van der Waals surface area contributed by atoms with Gasteiger partial charge in [0.2, 0.25) is 0 Å². The zero-order valence-corrected chi connectivity index (χ0v) is 40.0. The molecule has 0 aromatic heterocycles. The Hall–Kier alpha value is -2.42. The molecule has 0 heterocycles. The molecule has 0 aliphatic heterocycles. The first-order chi connectivity index (χ1) is 29.3. The van der Waals surface area contributed by atoms with Gasteiger partial charge in [0.15, 0.2) is 0 Å². The Bertz CT molecular complexity index is 1150. The zero-order valence-electron chi connectivity index (χ0n) is 40.0. The molecule has 3 N–H and O–H groups in total. The molecule has 1 aromatic carbocycles. The molecular weight excluding hydrogens is 751 g/mol. The summed E-state index contributed by atoms with van der Waals surface area (Å²) in [5.74, 6) is 1.37. The topological polar surface area (TPSA) is 125 Å². The molecule has 0 saturated heterocycles. The van der Waals surface area contributed by atoms with Crippen molar-refractivity contribution in [3.63, 3.8) is 0 Å². The van der Waals surface area contributed by atoms with Crippen molar-refractivity contribution in [3.8, 4) is 0 Å². The lowest BCUT2D eigenvalue weighted by atomic mass is 9.89. The number of anilines is 2. The van der Waals surface area contributed by atoms with E-state index >= 15 is 0 Å². The number of hydrogen-bond donors (Lipinski definition) is 3. The van der Waals surface area contributed by atoms with Crippen LogP contribution in [0.25, 0.3) is 0 Å². The number of hydrogen-bond acceptors (Lipinski definition) is 8. The van der Waals surface area contributed by atoms with E-state index in [1.807, 2.05) is 0 Å².